The van der Waals surface area contributed by atoms with E-state index in [0.29, 0.717) is 20.8 Å². The zero-order chi connectivity index (χ0) is 27.5. The van der Waals surface area contributed by atoms with Crippen LogP contribution in [0.1, 0.15) is 22.7 Å². The third-order valence-electron chi connectivity index (χ3n) is 6.65. The highest BCUT2D eigenvalue weighted by Crippen LogP contribution is 2.43. The highest BCUT2D eigenvalue weighted by molar-refractivity contribution is 8.00. The van der Waals surface area contributed by atoms with Crippen molar-refractivity contribution < 1.29 is 14.7 Å². The molecule has 1 aromatic heterocycles. The maximum Gasteiger partial charge on any atom is 0.296 e. The molecular weight excluding hydrogens is 539 g/mol. The molecule has 0 fully saturated rings. The van der Waals surface area contributed by atoms with Gasteiger partial charge in [-0.25, -0.2) is 0 Å². The molecule has 5 aromatic rings. The number of amides is 1. The Hall–Kier alpha value is -4.53. The summed E-state index contributed by atoms with van der Waals surface area (Å²) in [7, 11) is 0. The van der Waals surface area contributed by atoms with E-state index >= 15 is 0 Å². The third-order valence-corrected chi connectivity index (χ3v) is 8.75. The number of allylic oxidation sites excluding steroid dienone is 1. The summed E-state index contributed by atoms with van der Waals surface area (Å²) in [5, 5.41) is 22.2. The number of benzene rings is 4. The number of rotatable bonds is 8. The van der Waals surface area contributed by atoms with Gasteiger partial charge in [-0.3, -0.25) is 14.5 Å². The molecule has 0 spiro atoms. The third kappa shape index (κ3) is 5.06. The van der Waals surface area contributed by atoms with Crippen LogP contribution in [0.2, 0.25) is 0 Å². The first-order valence-electron chi connectivity index (χ1n) is 12.6. The fourth-order valence-electron chi connectivity index (χ4n) is 4.75. The van der Waals surface area contributed by atoms with E-state index in [1.54, 1.807) is 6.08 Å². The fraction of sp³-hybridized carbons (Fsp3) is 0.0625. The fourth-order valence-corrected chi connectivity index (χ4v) is 6.62. The van der Waals surface area contributed by atoms with E-state index in [1.165, 1.54) is 50.4 Å². The second-order valence-electron chi connectivity index (χ2n) is 9.14. The van der Waals surface area contributed by atoms with Gasteiger partial charge in [-0.05, 0) is 33.5 Å². The SMILES string of the molecule is O=C(/C=C/c1ccccc1)C1=C(O)C(=O)N(c2nnc(SCc3cccc4ccccc34)s2)C1c1ccccc1. The van der Waals surface area contributed by atoms with E-state index in [9.17, 15) is 14.7 Å². The minimum absolute atomic E-state index is 0.0172. The molecule has 1 N–H and O–H groups in total. The van der Waals surface area contributed by atoms with Crippen LogP contribution in [-0.2, 0) is 15.3 Å². The Morgan fingerprint density at radius 3 is 2.40 bits per heavy atom. The second kappa shape index (κ2) is 11.3. The van der Waals surface area contributed by atoms with Gasteiger partial charge in [0, 0.05) is 5.75 Å². The smallest absolute Gasteiger partial charge is 0.296 e. The normalized spacial score (nSPS) is 15.4. The topological polar surface area (TPSA) is 83.4 Å². The Morgan fingerprint density at radius 1 is 0.900 bits per heavy atom. The summed E-state index contributed by atoms with van der Waals surface area (Å²) < 4.78 is 0.686. The van der Waals surface area contributed by atoms with Crippen LogP contribution in [0.15, 0.2) is 125 Å². The van der Waals surface area contributed by atoms with Gasteiger partial charge in [0.25, 0.3) is 5.91 Å². The van der Waals surface area contributed by atoms with Crippen molar-refractivity contribution in [1.82, 2.24) is 10.2 Å². The van der Waals surface area contributed by atoms with Crippen LogP contribution >= 0.6 is 23.1 Å². The summed E-state index contributed by atoms with van der Waals surface area (Å²) in [6.45, 7) is 0. The predicted octanol–water partition coefficient (Wildman–Crippen LogP) is 7.17. The Balaban J connectivity index is 1.29. The second-order valence-corrected chi connectivity index (χ2v) is 11.3. The number of aliphatic hydroxyl groups is 1. The molecule has 1 aliphatic heterocycles. The van der Waals surface area contributed by atoms with Crippen LogP contribution in [0.5, 0.6) is 0 Å². The van der Waals surface area contributed by atoms with Crippen LogP contribution < -0.4 is 4.90 Å². The molecule has 196 valence electrons. The first-order valence-corrected chi connectivity index (χ1v) is 14.4. The van der Waals surface area contributed by atoms with Gasteiger partial charge in [0.15, 0.2) is 15.9 Å². The molecule has 0 radical (unpaired) electrons. The van der Waals surface area contributed by atoms with Crippen LogP contribution in [0.25, 0.3) is 16.8 Å². The Labute approximate surface area is 239 Å². The number of ketones is 1. The van der Waals surface area contributed by atoms with E-state index in [-0.39, 0.29) is 5.57 Å². The number of aliphatic hydroxyl groups excluding tert-OH is 1. The number of carbonyl (C=O) groups excluding carboxylic acids is 2. The van der Waals surface area contributed by atoms with Crippen molar-refractivity contribution in [2.24, 2.45) is 0 Å². The molecule has 0 saturated heterocycles. The number of carbonyl (C=O) groups is 2. The molecule has 4 aromatic carbocycles. The maximum atomic E-state index is 13.4. The number of anilines is 1. The standard InChI is InChI=1S/C32H23N3O3S2/c36-26(19-18-21-10-3-1-4-11-21)27-28(23-13-5-2-6-14-23)35(30(38)29(27)37)31-33-34-32(40-31)39-20-24-16-9-15-22-12-7-8-17-25(22)24/h1-19,28,37H,20H2/b19-18+. The number of aromatic nitrogens is 2. The first kappa shape index (κ1) is 25.7. The average molecular weight is 562 g/mol. The lowest BCUT2D eigenvalue weighted by Crippen LogP contribution is -2.30. The van der Waals surface area contributed by atoms with Gasteiger partial charge in [-0.1, -0.05) is 132 Å². The van der Waals surface area contributed by atoms with Crippen LogP contribution in [-0.4, -0.2) is 27.0 Å². The van der Waals surface area contributed by atoms with Crippen molar-refractivity contribution in [3.05, 3.63) is 137 Å². The molecule has 1 atom stereocenters. The summed E-state index contributed by atoms with van der Waals surface area (Å²) in [5.74, 6) is -1.01. The zero-order valence-corrected chi connectivity index (χ0v) is 22.8. The van der Waals surface area contributed by atoms with Gasteiger partial charge in [0.1, 0.15) is 0 Å². The van der Waals surface area contributed by atoms with E-state index in [4.69, 9.17) is 0 Å². The molecule has 2 heterocycles. The van der Waals surface area contributed by atoms with Gasteiger partial charge in [-0.2, -0.15) is 0 Å². The quantitative estimate of drug-likeness (QED) is 0.123. The van der Waals surface area contributed by atoms with Gasteiger partial charge in [-0.15, -0.1) is 10.2 Å². The van der Waals surface area contributed by atoms with Gasteiger partial charge < -0.3 is 5.11 Å². The Kier molecular flexibility index (Phi) is 7.27. The van der Waals surface area contributed by atoms with E-state index in [0.717, 1.165) is 5.56 Å². The molecule has 40 heavy (non-hydrogen) atoms. The van der Waals surface area contributed by atoms with E-state index < -0.39 is 23.5 Å². The Morgan fingerprint density at radius 2 is 1.60 bits per heavy atom. The van der Waals surface area contributed by atoms with Gasteiger partial charge >= 0.3 is 0 Å². The summed E-state index contributed by atoms with van der Waals surface area (Å²) in [6.07, 6.45) is 3.06. The Bertz CT molecular complexity index is 1760. The monoisotopic (exact) mass is 561 g/mol. The van der Waals surface area contributed by atoms with E-state index in [1.807, 2.05) is 78.9 Å². The molecule has 0 bridgehead atoms. The lowest BCUT2D eigenvalue weighted by Gasteiger charge is -2.23. The number of hydrogen-bond acceptors (Lipinski definition) is 7. The highest BCUT2D eigenvalue weighted by Gasteiger charge is 2.45. The zero-order valence-electron chi connectivity index (χ0n) is 21.2. The molecule has 6 nitrogen and oxygen atoms in total. The molecule has 0 aliphatic carbocycles. The van der Waals surface area contributed by atoms with Crippen molar-refractivity contribution in [2.45, 2.75) is 16.1 Å². The highest BCUT2D eigenvalue weighted by atomic mass is 32.2. The molecule has 1 unspecified atom stereocenters. The average Bonchev–Trinajstić information content (AvgIpc) is 3.57. The number of fused-ring (bicyclic) bond motifs is 1. The van der Waals surface area contributed by atoms with Crippen molar-refractivity contribution in [3.8, 4) is 0 Å². The minimum Gasteiger partial charge on any atom is -0.503 e. The summed E-state index contributed by atoms with van der Waals surface area (Å²) >= 11 is 2.79. The summed E-state index contributed by atoms with van der Waals surface area (Å²) in [4.78, 5) is 28.1. The molecule has 8 heteroatoms. The van der Waals surface area contributed by atoms with Crippen LogP contribution in [0.4, 0.5) is 5.13 Å². The van der Waals surface area contributed by atoms with Crippen LogP contribution in [0, 0.1) is 0 Å². The van der Waals surface area contributed by atoms with Crippen molar-refractivity contribution >= 4 is 56.8 Å². The van der Waals surface area contributed by atoms with Crippen molar-refractivity contribution in [3.63, 3.8) is 0 Å². The number of thioether (sulfide) groups is 1. The van der Waals surface area contributed by atoms with E-state index in [2.05, 4.69) is 34.5 Å². The lowest BCUT2D eigenvalue weighted by atomic mass is 9.96. The molecule has 0 saturated carbocycles. The van der Waals surface area contributed by atoms with Crippen molar-refractivity contribution in [1.29, 1.82) is 0 Å². The summed E-state index contributed by atoms with van der Waals surface area (Å²) in [5.41, 5.74) is 2.72. The van der Waals surface area contributed by atoms with Gasteiger partial charge in [0.2, 0.25) is 5.13 Å². The minimum atomic E-state index is -0.828. The number of hydrogen-bond donors (Lipinski definition) is 1. The lowest BCUT2D eigenvalue weighted by molar-refractivity contribution is -0.117. The van der Waals surface area contributed by atoms with Gasteiger partial charge in [0.05, 0.1) is 11.6 Å². The number of nitrogens with zero attached hydrogens (tertiary/aromatic N) is 3. The van der Waals surface area contributed by atoms with Crippen molar-refractivity contribution in [2.75, 3.05) is 4.90 Å². The maximum absolute atomic E-state index is 13.4. The summed E-state index contributed by atoms with van der Waals surface area (Å²) in [6, 6.07) is 32.2. The first-order chi connectivity index (χ1) is 19.6. The molecule has 1 aliphatic rings. The largest absolute Gasteiger partial charge is 0.503 e. The predicted molar refractivity (Wildman–Crippen MR) is 160 cm³/mol. The molecule has 6 rings (SSSR count). The molecule has 1 amide bonds. The molecular formula is C32H23N3O3S2. The van der Waals surface area contributed by atoms with Crippen LogP contribution in [0.3, 0.4) is 0 Å².